The van der Waals surface area contributed by atoms with Crippen molar-refractivity contribution in [1.29, 1.82) is 0 Å². The minimum atomic E-state index is -0.395. The number of rotatable bonds is 7. The number of aromatic nitrogens is 2. The number of fused-ring (bicyclic) bond motifs is 1. The van der Waals surface area contributed by atoms with Crippen molar-refractivity contribution in [2.24, 2.45) is 0 Å². The summed E-state index contributed by atoms with van der Waals surface area (Å²) in [5, 5.41) is 4.38. The Morgan fingerprint density at radius 1 is 1.18 bits per heavy atom. The number of halogens is 2. The van der Waals surface area contributed by atoms with Gasteiger partial charge in [-0.25, -0.2) is 9.37 Å². The van der Waals surface area contributed by atoms with Crippen LogP contribution in [0, 0.1) is 19.7 Å². The average Bonchev–Trinajstić information content (AvgIpc) is 3.12. The van der Waals surface area contributed by atoms with Gasteiger partial charge in [0.1, 0.15) is 10.6 Å². The van der Waals surface area contributed by atoms with Crippen LogP contribution in [-0.4, -0.2) is 21.2 Å². The molecule has 0 radical (unpaired) electrons. The van der Waals surface area contributed by atoms with Gasteiger partial charge in [-0.3, -0.25) is 14.2 Å². The topological polar surface area (TPSA) is 64.0 Å². The summed E-state index contributed by atoms with van der Waals surface area (Å²) in [6.07, 6.45) is 1.83. The first kappa shape index (κ1) is 24.4. The van der Waals surface area contributed by atoms with Crippen molar-refractivity contribution >= 4 is 56.5 Å². The first-order valence-corrected chi connectivity index (χ1v) is 13.0. The fourth-order valence-corrected chi connectivity index (χ4v) is 5.96. The molecule has 2 aromatic carbocycles. The van der Waals surface area contributed by atoms with Crippen LogP contribution in [0.2, 0.25) is 5.02 Å². The zero-order valence-electron chi connectivity index (χ0n) is 18.9. The zero-order valence-corrected chi connectivity index (χ0v) is 21.3. The molecule has 34 heavy (non-hydrogen) atoms. The summed E-state index contributed by atoms with van der Waals surface area (Å²) >= 11 is 8.82. The molecule has 0 atom stereocenters. The van der Waals surface area contributed by atoms with Gasteiger partial charge in [-0.2, -0.15) is 0 Å². The molecule has 1 N–H and O–H groups in total. The summed E-state index contributed by atoms with van der Waals surface area (Å²) in [5.41, 5.74) is 2.62. The summed E-state index contributed by atoms with van der Waals surface area (Å²) < 4.78 is 15.0. The lowest BCUT2D eigenvalue weighted by molar-refractivity contribution is -0.113. The van der Waals surface area contributed by atoms with E-state index in [0.29, 0.717) is 31.8 Å². The van der Waals surface area contributed by atoms with Crippen LogP contribution in [-0.2, 0) is 11.2 Å². The number of hydrogen-bond donors (Lipinski definition) is 1. The lowest BCUT2D eigenvalue weighted by Gasteiger charge is -2.13. The highest BCUT2D eigenvalue weighted by atomic mass is 35.5. The molecule has 0 saturated heterocycles. The van der Waals surface area contributed by atoms with E-state index < -0.39 is 5.82 Å². The molecule has 2 heterocycles. The number of amides is 1. The SMILES string of the molecule is CCCc1sc2nc(SCC(=O)Nc3cccc(Cl)c3C)n(-c3ccc(F)cc3)c(=O)c2c1C. The molecular weight excluding hydrogens is 493 g/mol. The normalized spacial score (nSPS) is 11.2. The van der Waals surface area contributed by atoms with Gasteiger partial charge in [-0.05, 0) is 67.8 Å². The van der Waals surface area contributed by atoms with Gasteiger partial charge in [0, 0.05) is 15.6 Å². The van der Waals surface area contributed by atoms with Gasteiger partial charge in [0.05, 0.1) is 16.8 Å². The minimum Gasteiger partial charge on any atom is -0.325 e. The fraction of sp³-hybridized carbons (Fsp3) is 0.240. The highest BCUT2D eigenvalue weighted by molar-refractivity contribution is 7.99. The fourth-order valence-electron chi connectivity index (χ4n) is 3.65. The second-order valence-corrected chi connectivity index (χ2v) is 10.3. The maximum Gasteiger partial charge on any atom is 0.267 e. The Labute approximate surface area is 210 Å². The number of benzene rings is 2. The van der Waals surface area contributed by atoms with E-state index in [0.717, 1.165) is 40.6 Å². The summed E-state index contributed by atoms with van der Waals surface area (Å²) in [6, 6.07) is 11.0. The number of nitrogens with one attached hydrogen (secondary N) is 1. The van der Waals surface area contributed by atoms with E-state index in [4.69, 9.17) is 16.6 Å². The molecule has 0 fully saturated rings. The molecule has 2 aromatic heterocycles. The molecule has 176 valence electrons. The Balaban J connectivity index is 1.72. The molecule has 0 aliphatic carbocycles. The Hall–Kier alpha value is -2.68. The van der Waals surface area contributed by atoms with E-state index in [-0.39, 0.29) is 17.2 Å². The number of nitrogens with zero attached hydrogens (tertiary/aromatic N) is 2. The Kier molecular flexibility index (Phi) is 7.40. The van der Waals surface area contributed by atoms with Gasteiger partial charge in [0.25, 0.3) is 5.56 Å². The largest absolute Gasteiger partial charge is 0.325 e. The van der Waals surface area contributed by atoms with Crippen LogP contribution in [0.1, 0.15) is 29.3 Å². The number of thiophene rings is 1. The molecule has 0 spiro atoms. The van der Waals surface area contributed by atoms with Crippen molar-refractivity contribution in [3.63, 3.8) is 0 Å². The molecule has 1 amide bonds. The van der Waals surface area contributed by atoms with Crippen molar-refractivity contribution in [3.05, 3.63) is 79.7 Å². The van der Waals surface area contributed by atoms with Crippen LogP contribution in [0.25, 0.3) is 15.9 Å². The van der Waals surface area contributed by atoms with Crippen LogP contribution in [0.5, 0.6) is 0 Å². The van der Waals surface area contributed by atoms with Crippen LogP contribution in [0.15, 0.2) is 52.4 Å². The average molecular weight is 516 g/mol. The zero-order chi connectivity index (χ0) is 24.4. The second-order valence-electron chi connectivity index (χ2n) is 7.84. The Morgan fingerprint density at radius 3 is 2.62 bits per heavy atom. The van der Waals surface area contributed by atoms with E-state index in [1.54, 1.807) is 30.3 Å². The van der Waals surface area contributed by atoms with Gasteiger partial charge >= 0.3 is 0 Å². The van der Waals surface area contributed by atoms with E-state index in [9.17, 15) is 14.0 Å². The smallest absolute Gasteiger partial charge is 0.267 e. The van der Waals surface area contributed by atoms with Gasteiger partial charge in [0.15, 0.2) is 5.16 Å². The Morgan fingerprint density at radius 2 is 1.91 bits per heavy atom. The minimum absolute atomic E-state index is 0.0390. The lowest BCUT2D eigenvalue weighted by Crippen LogP contribution is -2.23. The second kappa shape index (κ2) is 10.3. The standard InChI is InChI=1S/C25H23ClFN3O2S2/c1-4-6-20-15(3)22-23(34-20)29-25(30(24(22)32)17-11-9-16(27)10-12-17)33-13-21(31)28-19-8-5-7-18(26)14(19)2/h5,7-12H,4,6,13H2,1-3H3,(H,28,31). The Bertz CT molecular complexity index is 1430. The molecule has 4 aromatic rings. The van der Waals surface area contributed by atoms with E-state index in [1.165, 1.54) is 28.0 Å². The summed E-state index contributed by atoms with van der Waals surface area (Å²) in [5.74, 6) is -0.602. The van der Waals surface area contributed by atoms with Crippen molar-refractivity contribution < 1.29 is 9.18 Å². The first-order valence-electron chi connectivity index (χ1n) is 10.8. The van der Waals surface area contributed by atoms with Crippen LogP contribution < -0.4 is 10.9 Å². The number of aryl methyl sites for hydroxylation is 2. The quantitative estimate of drug-likeness (QED) is 0.224. The number of carbonyl (C=O) groups excluding carboxylic acids is 1. The van der Waals surface area contributed by atoms with Gasteiger partial charge in [0.2, 0.25) is 5.91 Å². The molecule has 0 unspecified atom stereocenters. The van der Waals surface area contributed by atoms with Gasteiger partial charge in [-0.15, -0.1) is 11.3 Å². The number of thioether (sulfide) groups is 1. The van der Waals surface area contributed by atoms with Gasteiger partial charge in [-0.1, -0.05) is 42.8 Å². The molecule has 5 nitrogen and oxygen atoms in total. The number of carbonyl (C=O) groups is 1. The van der Waals surface area contributed by atoms with E-state index >= 15 is 0 Å². The molecule has 0 aliphatic heterocycles. The molecule has 0 bridgehead atoms. The molecule has 4 rings (SSSR count). The van der Waals surface area contributed by atoms with Crippen molar-refractivity contribution in [1.82, 2.24) is 9.55 Å². The third kappa shape index (κ3) is 4.89. The first-order chi connectivity index (χ1) is 16.3. The van der Waals surface area contributed by atoms with Gasteiger partial charge < -0.3 is 5.32 Å². The molecular formula is C25H23ClFN3O2S2. The predicted octanol–water partition coefficient (Wildman–Crippen LogP) is 6.54. The number of hydrogen-bond acceptors (Lipinski definition) is 5. The summed E-state index contributed by atoms with van der Waals surface area (Å²) in [7, 11) is 0. The molecule has 0 saturated carbocycles. The summed E-state index contributed by atoms with van der Waals surface area (Å²) in [4.78, 5) is 32.8. The maximum absolute atomic E-state index is 13.6. The lowest BCUT2D eigenvalue weighted by atomic mass is 10.1. The van der Waals surface area contributed by atoms with Crippen LogP contribution in [0.4, 0.5) is 10.1 Å². The highest BCUT2D eigenvalue weighted by Crippen LogP contribution is 2.31. The monoisotopic (exact) mass is 515 g/mol. The van der Waals surface area contributed by atoms with Crippen molar-refractivity contribution in [3.8, 4) is 5.69 Å². The predicted molar refractivity (Wildman–Crippen MR) is 139 cm³/mol. The highest BCUT2D eigenvalue weighted by Gasteiger charge is 2.20. The summed E-state index contributed by atoms with van der Waals surface area (Å²) in [6.45, 7) is 5.87. The maximum atomic E-state index is 13.6. The third-order valence-electron chi connectivity index (χ3n) is 5.47. The van der Waals surface area contributed by atoms with Crippen molar-refractivity contribution in [2.75, 3.05) is 11.1 Å². The molecule has 9 heteroatoms. The van der Waals surface area contributed by atoms with Crippen LogP contribution in [0.3, 0.4) is 0 Å². The third-order valence-corrected chi connectivity index (χ3v) is 8.06. The van der Waals surface area contributed by atoms with E-state index in [1.807, 2.05) is 13.8 Å². The van der Waals surface area contributed by atoms with Crippen molar-refractivity contribution in [2.45, 2.75) is 38.8 Å². The van der Waals surface area contributed by atoms with Crippen LogP contribution >= 0.6 is 34.7 Å². The molecule has 0 aliphatic rings. The van der Waals surface area contributed by atoms with E-state index in [2.05, 4.69) is 12.2 Å². The number of anilines is 1.